The van der Waals surface area contributed by atoms with E-state index in [9.17, 15) is 0 Å². The van der Waals surface area contributed by atoms with Crippen LogP contribution in [-0.2, 0) is 0 Å². The van der Waals surface area contributed by atoms with Gasteiger partial charge in [-0.3, -0.25) is 0 Å². The molecule has 0 spiro atoms. The van der Waals surface area contributed by atoms with Gasteiger partial charge in [0.25, 0.3) is 0 Å². The maximum atomic E-state index is 7.03. The van der Waals surface area contributed by atoms with Gasteiger partial charge in [0.05, 0.1) is 11.4 Å². The number of furan rings is 1. The van der Waals surface area contributed by atoms with Crippen molar-refractivity contribution in [1.82, 2.24) is 0 Å². The van der Waals surface area contributed by atoms with Crippen LogP contribution in [0.5, 0.6) is 0 Å². The maximum Gasteiger partial charge on any atom is 0.160 e. The SMILES string of the molecule is c1ccc(-c2ccc(N(c3ccccc3)c3ccc(-c4ccc(N(c5ccc(-c6ccccc6)cc5)c5cc6ccccc6c6c5oc5ccc7ccccc7c56)cc4)c4ccccc34)cc2)cc1. The third-order valence-electron chi connectivity index (χ3n) is 13.6. The van der Waals surface area contributed by atoms with Crippen LogP contribution < -0.4 is 9.80 Å². The predicted octanol–water partition coefficient (Wildman–Crippen LogP) is 19.0. The van der Waals surface area contributed by atoms with E-state index in [1.165, 1.54) is 54.7 Å². The van der Waals surface area contributed by atoms with Crippen LogP contribution in [0, 0.1) is 0 Å². The minimum Gasteiger partial charge on any atom is -0.454 e. The summed E-state index contributed by atoms with van der Waals surface area (Å²) in [6.07, 6.45) is 0. The van der Waals surface area contributed by atoms with Crippen LogP contribution in [-0.4, -0.2) is 0 Å². The highest BCUT2D eigenvalue weighted by atomic mass is 16.3. The first kappa shape index (κ1) is 40.1. The molecule has 0 fully saturated rings. The second-order valence-corrected chi connectivity index (χ2v) is 17.6. The third-order valence-corrected chi connectivity index (χ3v) is 13.6. The first-order valence-electron chi connectivity index (χ1n) is 23.6. The summed E-state index contributed by atoms with van der Waals surface area (Å²) >= 11 is 0. The van der Waals surface area contributed by atoms with Gasteiger partial charge < -0.3 is 14.2 Å². The van der Waals surface area contributed by atoms with Crippen molar-refractivity contribution in [2.24, 2.45) is 0 Å². The monoisotopic (exact) mass is 880 g/mol. The quantitative estimate of drug-likeness (QED) is 0.144. The fraction of sp³-hybridized carbons (Fsp3) is 0. The molecule has 0 bridgehead atoms. The van der Waals surface area contributed by atoms with Crippen molar-refractivity contribution in [1.29, 1.82) is 0 Å². The molecule has 0 N–H and O–H groups in total. The van der Waals surface area contributed by atoms with Gasteiger partial charge in [0.1, 0.15) is 5.58 Å². The van der Waals surface area contributed by atoms with E-state index in [1.54, 1.807) is 0 Å². The summed E-state index contributed by atoms with van der Waals surface area (Å²) < 4.78 is 7.03. The zero-order valence-corrected chi connectivity index (χ0v) is 37.7. The Hall–Kier alpha value is -9.18. The van der Waals surface area contributed by atoms with E-state index in [0.717, 1.165) is 67.0 Å². The summed E-state index contributed by atoms with van der Waals surface area (Å²) in [4.78, 5) is 4.73. The summed E-state index contributed by atoms with van der Waals surface area (Å²) in [6.45, 7) is 0. The first-order valence-corrected chi connectivity index (χ1v) is 23.6. The van der Waals surface area contributed by atoms with E-state index in [2.05, 4.69) is 277 Å². The fourth-order valence-corrected chi connectivity index (χ4v) is 10.4. The molecular weight excluding hydrogens is 837 g/mol. The van der Waals surface area contributed by atoms with E-state index in [1.807, 2.05) is 0 Å². The minimum atomic E-state index is 0.857. The number of anilines is 6. The molecule has 0 aliphatic carbocycles. The zero-order valence-electron chi connectivity index (χ0n) is 37.7. The highest BCUT2D eigenvalue weighted by Crippen LogP contribution is 2.48. The van der Waals surface area contributed by atoms with Crippen molar-refractivity contribution < 1.29 is 4.42 Å². The van der Waals surface area contributed by atoms with Crippen molar-refractivity contribution in [3.63, 3.8) is 0 Å². The van der Waals surface area contributed by atoms with Crippen LogP contribution in [0.15, 0.2) is 271 Å². The van der Waals surface area contributed by atoms with Crippen LogP contribution in [0.3, 0.4) is 0 Å². The topological polar surface area (TPSA) is 19.6 Å². The number of rotatable bonds is 9. The molecule has 0 aliphatic heterocycles. The zero-order chi connectivity index (χ0) is 45.7. The number of benzene rings is 12. The van der Waals surface area contributed by atoms with Gasteiger partial charge >= 0.3 is 0 Å². The van der Waals surface area contributed by atoms with Gasteiger partial charge in [-0.05, 0) is 127 Å². The average Bonchev–Trinajstić information content (AvgIpc) is 3.84. The Morgan fingerprint density at radius 2 is 0.696 bits per heavy atom. The molecule has 13 rings (SSSR count). The molecule has 69 heavy (non-hydrogen) atoms. The van der Waals surface area contributed by atoms with E-state index in [-0.39, 0.29) is 0 Å². The molecule has 0 unspecified atom stereocenters. The molecule has 0 amide bonds. The summed E-state index contributed by atoms with van der Waals surface area (Å²) in [7, 11) is 0. The lowest BCUT2D eigenvalue weighted by Gasteiger charge is -2.28. The Morgan fingerprint density at radius 3 is 1.29 bits per heavy atom. The minimum absolute atomic E-state index is 0.857. The number of fused-ring (bicyclic) bond motifs is 8. The van der Waals surface area contributed by atoms with E-state index in [0.29, 0.717) is 0 Å². The van der Waals surface area contributed by atoms with Gasteiger partial charge in [-0.2, -0.15) is 0 Å². The van der Waals surface area contributed by atoms with E-state index >= 15 is 0 Å². The molecular formula is C66H44N2O. The largest absolute Gasteiger partial charge is 0.454 e. The van der Waals surface area contributed by atoms with Crippen LogP contribution in [0.1, 0.15) is 0 Å². The highest BCUT2D eigenvalue weighted by Gasteiger charge is 2.24. The summed E-state index contributed by atoms with van der Waals surface area (Å²) in [5, 5.41) is 9.33. The summed E-state index contributed by atoms with van der Waals surface area (Å²) in [5.74, 6) is 0. The molecule has 3 nitrogen and oxygen atoms in total. The second kappa shape index (κ2) is 16.9. The normalized spacial score (nSPS) is 11.5. The molecule has 0 saturated heterocycles. The van der Waals surface area contributed by atoms with Crippen molar-refractivity contribution in [3.05, 3.63) is 267 Å². The average molecular weight is 881 g/mol. The second-order valence-electron chi connectivity index (χ2n) is 17.6. The molecule has 0 atom stereocenters. The molecule has 12 aromatic carbocycles. The van der Waals surface area contributed by atoms with Gasteiger partial charge in [-0.1, -0.05) is 200 Å². The summed E-state index contributed by atoms with van der Waals surface area (Å²) in [5.41, 5.74) is 15.2. The van der Waals surface area contributed by atoms with Crippen molar-refractivity contribution >= 4 is 88.4 Å². The van der Waals surface area contributed by atoms with Crippen LogP contribution in [0.2, 0.25) is 0 Å². The number of para-hydroxylation sites is 1. The standard InChI is InChI=1S/C66H44N2O/c1-4-16-45(17-5-1)47-28-35-53(36-29-47)67(52-22-8-3-9-23-52)61-42-41-56(59-26-14-15-27-60(59)61)50-32-39-55(40-33-50)68(54-37-30-48(31-38-54)46-18-6-2-7-19-46)62-44-51-21-11-13-25-58(51)65-64-57-24-12-10-20-49(57)34-43-63(64)69-66(62)65/h1-44H. The lowest BCUT2D eigenvalue weighted by atomic mass is 9.95. The molecule has 0 saturated carbocycles. The van der Waals surface area contributed by atoms with E-state index < -0.39 is 0 Å². The summed E-state index contributed by atoms with van der Waals surface area (Å²) in [6, 6.07) is 95.9. The van der Waals surface area contributed by atoms with Crippen molar-refractivity contribution in [3.8, 4) is 33.4 Å². The molecule has 13 aromatic rings. The van der Waals surface area contributed by atoms with Crippen molar-refractivity contribution in [2.75, 3.05) is 9.80 Å². The van der Waals surface area contributed by atoms with Crippen LogP contribution in [0.25, 0.3) is 87.6 Å². The number of nitrogens with zero attached hydrogens (tertiary/aromatic N) is 2. The maximum absolute atomic E-state index is 7.03. The number of hydrogen-bond acceptors (Lipinski definition) is 3. The smallest absolute Gasteiger partial charge is 0.160 e. The Balaban J connectivity index is 0.954. The van der Waals surface area contributed by atoms with Gasteiger partial charge in [0, 0.05) is 38.9 Å². The predicted molar refractivity (Wildman–Crippen MR) is 292 cm³/mol. The molecule has 1 aromatic heterocycles. The van der Waals surface area contributed by atoms with Crippen LogP contribution in [0.4, 0.5) is 34.1 Å². The highest BCUT2D eigenvalue weighted by molar-refractivity contribution is 6.29. The van der Waals surface area contributed by atoms with Gasteiger partial charge in [-0.15, -0.1) is 0 Å². The molecule has 1 heterocycles. The number of hydrogen-bond donors (Lipinski definition) is 0. The molecule has 324 valence electrons. The Bertz CT molecular complexity index is 3980. The van der Waals surface area contributed by atoms with E-state index in [4.69, 9.17) is 4.42 Å². The third kappa shape index (κ3) is 7.08. The lowest BCUT2D eigenvalue weighted by molar-refractivity contribution is 0.669. The van der Waals surface area contributed by atoms with Crippen LogP contribution >= 0.6 is 0 Å². The van der Waals surface area contributed by atoms with Gasteiger partial charge in [0.15, 0.2) is 5.58 Å². The Morgan fingerprint density at radius 1 is 0.261 bits per heavy atom. The molecule has 0 aliphatic rings. The molecule has 3 heteroatoms. The Kier molecular flexibility index (Phi) is 9.84. The molecule has 0 radical (unpaired) electrons. The lowest BCUT2D eigenvalue weighted by Crippen LogP contribution is -2.11. The van der Waals surface area contributed by atoms with Crippen molar-refractivity contribution in [2.45, 2.75) is 0 Å². The Labute approximate surface area is 401 Å². The first-order chi connectivity index (χ1) is 34.2. The van der Waals surface area contributed by atoms with Gasteiger partial charge in [0.2, 0.25) is 0 Å². The fourth-order valence-electron chi connectivity index (χ4n) is 10.4. The van der Waals surface area contributed by atoms with Gasteiger partial charge in [-0.25, -0.2) is 0 Å².